The molecule has 0 aliphatic carbocycles. The summed E-state index contributed by atoms with van der Waals surface area (Å²) in [6.45, 7) is 1.81. The molecule has 1 heterocycles. The monoisotopic (exact) mass is 277 g/mol. The first-order chi connectivity index (χ1) is 8.99. The Labute approximate surface area is 112 Å². The lowest BCUT2D eigenvalue weighted by Gasteiger charge is -2.10. The second-order valence-corrected chi connectivity index (χ2v) is 5.89. The number of nitrogens with zero attached hydrogens (tertiary/aromatic N) is 1. The zero-order chi connectivity index (χ0) is 13.9. The Kier molecular flexibility index (Phi) is 3.82. The van der Waals surface area contributed by atoms with Crippen LogP contribution in [-0.2, 0) is 10.0 Å². The predicted octanol–water partition coefficient (Wildman–Crippen LogP) is 1.90. The SMILES string of the molecule is CC(N)c1cccc(S(=O)(=O)Nc2cccnc2)c1. The van der Waals surface area contributed by atoms with Gasteiger partial charge >= 0.3 is 0 Å². The number of pyridine rings is 1. The van der Waals surface area contributed by atoms with Gasteiger partial charge in [0.05, 0.1) is 16.8 Å². The van der Waals surface area contributed by atoms with E-state index in [-0.39, 0.29) is 10.9 Å². The Morgan fingerprint density at radius 3 is 2.68 bits per heavy atom. The number of rotatable bonds is 4. The van der Waals surface area contributed by atoms with Crippen LogP contribution >= 0.6 is 0 Å². The van der Waals surface area contributed by atoms with Gasteiger partial charge in [0.2, 0.25) is 0 Å². The molecular formula is C13H15N3O2S. The molecule has 0 amide bonds. The molecule has 0 saturated carbocycles. The van der Waals surface area contributed by atoms with Gasteiger partial charge in [-0.3, -0.25) is 9.71 Å². The molecule has 0 aliphatic rings. The van der Waals surface area contributed by atoms with Crippen molar-refractivity contribution in [2.75, 3.05) is 4.72 Å². The van der Waals surface area contributed by atoms with Gasteiger partial charge in [0.15, 0.2) is 0 Å². The maximum Gasteiger partial charge on any atom is 0.261 e. The summed E-state index contributed by atoms with van der Waals surface area (Å²) in [5.41, 5.74) is 6.95. The molecular weight excluding hydrogens is 262 g/mol. The first-order valence-corrected chi connectivity index (χ1v) is 7.26. The third-order valence-corrected chi connectivity index (χ3v) is 3.99. The van der Waals surface area contributed by atoms with Gasteiger partial charge in [-0.05, 0) is 36.8 Å². The van der Waals surface area contributed by atoms with E-state index in [0.29, 0.717) is 5.69 Å². The standard InChI is InChI=1S/C13H15N3O2S/c1-10(14)11-4-2-6-13(8-11)19(17,18)16-12-5-3-7-15-9-12/h2-10,16H,14H2,1H3. The topological polar surface area (TPSA) is 85.1 Å². The molecule has 100 valence electrons. The number of aromatic nitrogens is 1. The quantitative estimate of drug-likeness (QED) is 0.893. The molecule has 19 heavy (non-hydrogen) atoms. The Morgan fingerprint density at radius 1 is 1.26 bits per heavy atom. The number of sulfonamides is 1. The molecule has 0 aliphatic heterocycles. The van der Waals surface area contributed by atoms with Crippen molar-refractivity contribution in [3.8, 4) is 0 Å². The Bertz CT molecular complexity index is 655. The van der Waals surface area contributed by atoms with Crippen LogP contribution in [0.3, 0.4) is 0 Å². The lowest BCUT2D eigenvalue weighted by atomic mass is 10.1. The van der Waals surface area contributed by atoms with Gasteiger partial charge in [-0.15, -0.1) is 0 Å². The van der Waals surface area contributed by atoms with Crippen LogP contribution in [0.1, 0.15) is 18.5 Å². The smallest absolute Gasteiger partial charge is 0.261 e. The molecule has 0 radical (unpaired) electrons. The van der Waals surface area contributed by atoms with Gasteiger partial charge in [0.1, 0.15) is 0 Å². The van der Waals surface area contributed by atoms with E-state index >= 15 is 0 Å². The summed E-state index contributed by atoms with van der Waals surface area (Å²) in [6, 6.07) is 9.67. The second-order valence-electron chi connectivity index (χ2n) is 4.21. The number of hydrogen-bond acceptors (Lipinski definition) is 4. The van der Waals surface area contributed by atoms with Crippen molar-refractivity contribution in [2.24, 2.45) is 5.73 Å². The fourth-order valence-electron chi connectivity index (χ4n) is 1.60. The predicted molar refractivity (Wildman–Crippen MR) is 74.1 cm³/mol. The van der Waals surface area contributed by atoms with Gasteiger partial charge in [-0.2, -0.15) is 0 Å². The summed E-state index contributed by atoms with van der Waals surface area (Å²) < 4.78 is 26.9. The van der Waals surface area contributed by atoms with E-state index in [9.17, 15) is 8.42 Å². The van der Waals surface area contributed by atoms with Crippen molar-refractivity contribution < 1.29 is 8.42 Å². The molecule has 1 aromatic carbocycles. The Morgan fingerprint density at radius 2 is 2.05 bits per heavy atom. The van der Waals surface area contributed by atoms with Crippen LogP contribution in [0.2, 0.25) is 0 Å². The first kappa shape index (κ1) is 13.5. The Hall–Kier alpha value is -1.92. The molecule has 1 atom stereocenters. The lowest BCUT2D eigenvalue weighted by Crippen LogP contribution is -2.14. The molecule has 6 heteroatoms. The molecule has 0 bridgehead atoms. The fraction of sp³-hybridized carbons (Fsp3) is 0.154. The number of nitrogens with one attached hydrogen (secondary N) is 1. The maximum atomic E-state index is 12.2. The highest BCUT2D eigenvalue weighted by atomic mass is 32.2. The van der Waals surface area contributed by atoms with Crippen LogP contribution in [0.4, 0.5) is 5.69 Å². The van der Waals surface area contributed by atoms with Crippen molar-refractivity contribution in [3.63, 3.8) is 0 Å². The van der Waals surface area contributed by atoms with Crippen molar-refractivity contribution in [3.05, 3.63) is 54.4 Å². The molecule has 5 nitrogen and oxygen atoms in total. The number of anilines is 1. The summed E-state index contributed by atoms with van der Waals surface area (Å²) in [4.78, 5) is 4.05. The molecule has 2 aromatic rings. The molecule has 1 aromatic heterocycles. The summed E-state index contributed by atoms with van der Waals surface area (Å²) in [6.07, 6.45) is 3.03. The maximum absolute atomic E-state index is 12.2. The molecule has 0 fully saturated rings. The van der Waals surface area contributed by atoms with Crippen molar-refractivity contribution in [2.45, 2.75) is 17.9 Å². The van der Waals surface area contributed by atoms with Crippen LogP contribution in [-0.4, -0.2) is 13.4 Å². The normalized spacial score (nSPS) is 12.9. The van der Waals surface area contributed by atoms with E-state index in [2.05, 4.69) is 9.71 Å². The zero-order valence-electron chi connectivity index (χ0n) is 10.4. The minimum Gasteiger partial charge on any atom is -0.324 e. The average molecular weight is 277 g/mol. The van der Waals surface area contributed by atoms with E-state index in [1.54, 1.807) is 43.5 Å². The molecule has 2 rings (SSSR count). The van der Waals surface area contributed by atoms with Crippen molar-refractivity contribution in [1.29, 1.82) is 0 Å². The van der Waals surface area contributed by atoms with Gasteiger partial charge in [0.25, 0.3) is 10.0 Å². The van der Waals surface area contributed by atoms with E-state index < -0.39 is 10.0 Å². The van der Waals surface area contributed by atoms with Crippen LogP contribution in [0.5, 0.6) is 0 Å². The zero-order valence-corrected chi connectivity index (χ0v) is 11.3. The first-order valence-electron chi connectivity index (χ1n) is 5.77. The summed E-state index contributed by atoms with van der Waals surface area (Å²) in [5, 5.41) is 0. The van der Waals surface area contributed by atoms with E-state index in [1.807, 2.05) is 0 Å². The number of benzene rings is 1. The fourth-order valence-corrected chi connectivity index (χ4v) is 2.70. The highest BCUT2D eigenvalue weighted by Gasteiger charge is 2.15. The van der Waals surface area contributed by atoms with Crippen LogP contribution < -0.4 is 10.5 Å². The van der Waals surface area contributed by atoms with Gasteiger partial charge in [0, 0.05) is 12.2 Å². The third kappa shape index (κ3) is 3.30. The molecule has 0 spiro atoms. The number of hydrogen-bond donors (Lipinski definition) is 2. The largest absolute Gasteiger partial charge is 0.324 e. The highest BCUT2D eigenvalue weighted by Crippen LogP contribution is 2.18. The van der Waals surface area contributed by atoms with Crippen LogP contribution in [0.25, 0.3) is 0 Å². The lowest BCUT2D eigenvalue weighted by molar-refractivity contribution is 0.601. The van der Waals surface area contributed by atoms with Crippen molar-refractivity contribution in [1.82, 2.24) is 4.98 Å². The van der Waals surface area contributed by atoms with Crippen LogP contribution in [0.15, 0.2) is 53.7 Å². The van der Waals surface area contributed by atoms with Gasteiger partial charge in [-0.25, -0.2) is 8.42 Å². The third-order valence-electron chi connectivity index (χ3n) is 2.61. The van der Waals surface area contributed by atoms with Gasteiger partial charge < -0.3 is 5.73 Å². The van der Waals surface area contributed by atoms with Gasteiger partial charge in [-0.1, -0.05) is 12.1 Å². The van der Waals surface area contributed by atoms with E-state index in [1.165, 1.54) is 12.3 Å². The van der Waals surface area contributed by atoms with Crippen LogP contribution in [0, 0.1) is 0 Å². The molecule has 1 unspecified atom stereocenters. The molecule has 3 N–H and O–H groups in total. The summed E-state index contributed by atoms with van der Waals surface area (Å²) in [7, 11) is -3.61. The van der Waals surface area contributed by atoms with Crippen molar-refractivity contribution >= 4 is 15.7 Å². The Balaban J connectivity index is 2.32. The minimum absolute atomic E-state index is 0.186. The van der Waals surface area contributed by atoms with E-state index in [4.69, 9.17) is 5.73 Å². The summed E-state index contributed by atoms with van der Waals surface area (Å²) >= 11 is 0. The highest BCUT2D eigenvalue weighted by molar-refractivity contribution is 7.92. The number of nitrogens with two attached hydrogens (primary N) is 1. The minimum atomic E-state index is -3.61. The summed E-state index contributed by atoms with van der Waals surface area (Å²) in [5.74, 6) is 0. The average Bonchev–Trinajstić information content (AvgIpc) is 2.39. The molecule has 0 saturated heterocycles. The second kappa shape index (κ2) is 5.38. The van der Waals surface area contributed by atoms with E-state index in [0.717, 1.165) is 5.56 Å².